The van der Waals surface area contributed by atoms with E-state index in [2.05, 4.69) is 0 Å². The molecule has 0 radical (unpaired) electrons. The molecule has 0 aromatic heterocycles. The molecule has 1 nitrogen and oxygen atoms in total. The second-order valence-electron chi connectivity index (χ2n) is 3.62. The van der Waals surface area contributed by atoms with Gasteiger partial charge in [0, 0.05) is 6.61 Å². The summed E-state index contributed by atoms with van der Waals surface area (Å²) in [6.45, 7) is 4.11. The van der Waals surface area contributed by atoms with Gasteiger partial charge in [0.2, 0.25) is 0 Å². The van der Waals surface area contributed by atoms with Crippen LogP contribution in [0.25, 0.3) is 0 Å². The van der Waals surface area contributed by atoms with Crippen LogP contribution in [0.2, 0.25) is 0 Å². The fourth-order valence-electron chi connectivity index (χ4n) is 1.63. The van der Waals surface area contributed by atoms with E-state index < -0.39 is 11.7 Å². The fourth-order valence-corrected chi connectivity index (χ4v) is 1.63. The van der Waals surface area contributed by atoms with Gasteiger partial charge in [0.15, 0.2) is 0 Å². The number of halogens is 3. The van der Waals surface area contributed by atoms with Crippen molar-refractivity contribution >= 4 is 0 Å². The quantitative estimate of drug-likeness (QED) is 0.769. The highest BCUT2D eigenvalue weighted by atomic mass is 19.4. The minimum Gasteiger partial charge on any atom is -0.378 e. The molecule has 1 atom stereocenters. The van der Waals surface area contributed by atoms with Gasteiger partial charge in [0.05, 0.1) is 11.7 Å². The predicted octanol–water partition coefficient (Wildman–Crippen LogP) is 3.67. The molecule has 0 aliphatic carbocycles. The SMILES string of the molecule is CCOC(C)Cc1ccccc1C(F)(F)F. The molecule has 16 heavy (non-hydrogen) atoms. The second kappa shape index (κ2) is 5.34. The summed E-state index contributed by atoms with van der Waals surface area (Å²) in [5, 5.41) is 0. The third kappa shape index (κ3) is 3.52. The summed E-state index contributed by atoms with van der Waals surface area (Å²) in [6.07, 6.45) is -4.21. The van der Waals surface area contributed by atoms with E-state index in [0.717, 1.165) is 6.07 Å². The van der Waals surface area contributed by atoms with Gasteiger partial charge in [-0.1, -0.05) is 18.2 Å². The summed E-state index contributed by atoms with van der Waals surface area (Å²) < 4.78 is 43.2. The van der Waals surface area contributed by atoms with E-state index in [-0.39, 0.29) is 18.1 Å². The van der Waals surface area contributed by atoms with E-state index in [1.54, 1.807) is 13.0 Å². The highest BCUT2D eigenvalue weighted by Crippen LogP contribution is 2.32. The molecular formula is C12H15F3O. The van der Waals surface area contributed by atoms with Crippen LogP contribution in [0, 0.1) is 0 Å². The lowest BCUT2D eigenvalue weighted by molar-refractivity contribution is -0.138. The third-order valence-corrected chi connectivity index (χ3v) is 2.28. The van der Waals surface area contributed by atoms with E-state index in [0.29, 0.717) is 6.61 Å². The van der Waals surface area contributed by atoms with Crippen LogP contribution in [0.4, 0.5) is 13.2 Å². The van der Waals surface area contributed by atoms with Crippen molar-refractivity contribution in [2.75, 3.05) is 6.61 Å². The molecule has 0 spiro atoms. The van der Waals surface area contributed by atoms with Gasteiger partial charge in [0.25, 0.3) is 0 Å². The normalized spacial score (nSPS) is 13.8. The summed E-state index contributed by atoms with van der Waals surface area (Å²) in [7, 11) is 0. The molecule has 0 saturated carbocycles. The van der Waals surface area contributed by atoms with Crippen LogP contribution < -0.4 is 0 Å². The Morgan fingerprint density at radius 3 is 2.44 bits per heavy atom. The zero-order valence-corrected chi connectivity index (χ0v) is 9.34. The molecule has 0 heterocycles. The molecule has 1 unspecified atom stereocenters. The van der Waals surface area contributed by atoms with E-state index in [9.17, 15) is 13.2 Å². The van der Waals surface area contributed by atoms with Crippen LogP contribution >= 0.6 is 0 Å². The van der Waals surface area contributed by atoms with Crippen LogP contribution in [0.5, 0.6) is 0 Å². The van der Waals surface area contributed by atoms with Crippen LogP contribution in [0.15, 0.2) is 24.3 Å². The monoisotopic (exact) mass is 232 g/mol. The number of benzene rings is 1. The Morgan fingerprint density at radius 2 is 1.88 bits per heavy atom. The van der Waals surface area contributed by atoms with E-state index in [1.165, 1.54) is 12.1 Å². The van der Waals surface area contributed by atoms with Crippen LogP contribution in [-0.4, -0.2) is 12.7 Å². The number of rotatable bonds is 4. The van der Waals surface area contributed by atoms with Gasteiger partial charge < -0.3 is 4.74 Å². The van der Waals surface area contributed by atoms with Crippen molar-refractivity contribution in [1.82, 2.24) is 0 Å². The first-order valence-electron chi connectivity index (χ1n) is 5.21. The first kappa shape index (κ1) is 13.0. The number of hydrogen-bond donors (Lipinski definition) is 0. The smallest absolute Gasteiger partial charge is 0.378 e. The topological polar surface area (TPSA) is 9.23 Å². The van der Waals surface area contributed by atoms with Gasteiger partial charge in [-0.05, 0) is 31.9 Å². The second-order valence-corrected chi connectivity index (χ2v) is 3.62. The van der Waals surface area contributed by atoms with Gasteiger partial charge in [-0.15, -0.1) is 0 Å². The van der Waals surface area contributed by atoms with Crippen LogP contribution in [-0.2, 0) is 17.3 Å². The molecule has 1 aromatic carbocycles. The van der Waals surface area contributed by atoms with Crippen molar-refractivity contribution < 1.29 is 17.9 Å². The van der Waals surface area contributed by atoms with Crippen molar-refractivity contribution in [3.05, 3.63) is 35.4 Å². The molecule has 0 aliphatic rings. The standard InChI is InChI=1S/C12H15F3O/c1-3-16-9(2)8-10-6-4-5-7-11(10)12(13,14)15/h4-7,9H,3,8H2,1-2H3. The zero-order valence-electron chi connectivity index (χ0n) is 9.34. The summed E-state index contributed by atoms with van der Waals surface area (Å²) >= 11 is 0. The molecule has 0 amide bonds. The lowest BCUT2D eigenvalue weighted by Gasteiger charge is -2.16. The Bertz CT molecular complexity index is 333. The van der Waals surface area contributed by atoms with Gasteiger partial charge in [0.1, 0.15) is 0 Å². The van der Waals surface area contributed by atoms with Crippen molar-refractivity contribution in [2.24, 2.45) is 0 Å². The molecular weight excluding hydrogens is 217 g/mol. The fraction of sp³-hybridized carbons (Fsp3) is 0.500. The van der Waals surface area contributed by atoms with Crippen molar-refractivity contribution in [1.29, 1.82) is 0 Å². The van der Waals surface area contributed by atoms with Crippen molar-refractivity contribution in [3.8, 4) is 0 Å². The summed E-state index contributed by atoms with van der Waals surface area (Å²) in [4.78, 5) is 0. The number of ether oxygens (including phenoxy) is 1. The maximum atomic E-state index is 12.6. The predicted molar refractivity (Wildman–Crippen MR) is 56.2 cm³/mol. The average molecular weight is 232 g/mol. The highest BCUT2D eigenvalue weighted by molar-refractivity contribution is 5.30. The molecule has 1 aromatic rings. The number of hydrogen-bond acceptors (Lipinski definition) is 1. The molecule has 0 aliphatic heterocycles. The Balaban J connectivity index is 2.87. The summed E-state index contributed by atoms with van der Waals surface area (Å²) in [5.74, 6) is 0. The van der Waals surface area contributed by atoms with E-state index in [4.69, 9.17) is 4.74 Å². The van der Waals surface area contributed by atoms with Gasteiger partial charge >= 0.3 is 6.18 Å². The Morgan fingerprint density at radius 1 is 1.25 bits per heavy atom. The lowest BCUT2D eigenvalue weighted by atomic mass is 10.0. The van der Waals surface area contributed by atoms with E-state index in [1.807, 2.05) is 6.92 Å². The zero-order chi connectivity index (χ0) is 12.2. The van der Waals surface area contributed by atoms with Gasteiger partial charge in [-0.2, -0.15) is 13.2 Å². The molecule has 0 N–H and O–H groups in total. The van der Waals surface area contributed by atoms with Crippen molar-refractivity contribution in [2.45, 2.75) is 32.5 Å². The molecule has 4 heteroatoms. The minimum atomic E-state index is -4.29. The Labute approximate surface area is 93.2 Å². The summed E-state index contributed by atoms with van der Waals surface area (Å²) in [5.41, 5.74) is -0.280. The van der Waals surface area contributed by atoms with Crippen LogP contribution in [0.3, 0.4) is 0 Å². The molecule has 1 rings (SSSR count). The summed E-state index contributed by atoms with van der Waals surface area (Å²) in [6, 6.07) is 5.62. The van der Waals surface area contributed by atoms with Gasteiger partial charge in [-0.3, -0.25) is 0 Å². The lowest BCUT2D eigenvalue weighted by Crippen LogP contribution is -2.16. The third-order valence-electron chi connectivity index (χ3n) is 2.28. The maximum Gasteiger partial charge on any atom is 0.416 e. The highest BCUT2D eigenvalue weighted by Gasteiger charge is 2.33. The van der Waals surface area contributed by atoms with Crippen LogP contribution in [0.1, 0.15) is 25.0 Å². The first-order chi connectivity index (χ1) is 7.45. The maximum absolute atomic E-state index is 12.6. The van der Waals surface area contributed by atoms with Crippen molar-refractivity contribution in [3.63, 3.8) is 0 Å². The van der Waals surface area contributed by atoms with E-state index >= 15 is 0 Å². The molecule has 0 fully saturated rings. The Kier molecular flexibility index (Phi) is 4.35. The van der Waals surface area contributed by atoms with Gasteiger partial charge in [-0.25, -0.2) is 0 Å². The minimum absolute atomic E-state index is 0.200. The molecule has 0 saturated heterocycles. The average Bonchev–Trinajstić information content (AvgIpc) is 2.17. The first-order valence-corrected chi connectivity index (χ1v) is 5.21. The largest absolute Gasteiger partial charge is 0.416 e. The Hall–Kier alpha value is -1.03. The molecule has 0 bridgehead atoms. The molecule has 90 valence electrons. The number of alkyl halides is 3.